The Bertz CT molecular complexity index is 427. The first kappa shape index (κ1) is 21.6. The number of esters is 1. The number of carbonyl (C=O) groups is 1. The molecule has 0 fully saturated rings. The van der Waals surface area contributed by atoms with Crippen molar-refractivity contribution < 1.29 is 23.7 Å². The van der Waals surface area contributed by atoms with E-state index in [9.17, 15) is 4.79 Å². The van der Waals surface area contributed by atoms with Gasteiger partial charge in [-0.15, -0.1) is 0 Å². The van der Waals surface area contributed by atoms with Crippen LogP contribution in [0.3, 0.4) is 0 Å². The maximum atomic E-state index is 11.6. The number of rotatable bonds is 16. The van der Waals surface area contributed by atoms with Crippen molar-refractivity contribution in [3.8, 4) is 0 Å². The Hall–Kier alpha value is -1.47. The minimum atomic E-state index is -0.165. The van der Waals surface area contributed by atoms with E-state index >= 15 is 0 Å². The Balaban J connectivity index is 1.80. The molecule has 0 aliphatic heterocycles. The largest absolute Gasteiger partial charge is 0.461 e. The molecule has 0 saturated carbocycles. The number of unbranched alkanes of at least 4 members (excludes halogenated alkanes) is 1. The highest BCUT2D eigenvalue weighted by atomic mass is 16.5. The molecule has 0 aliphatic rings. The van der Waals surface area contributed by atoms with Gasteiger partial charge in [0, 0.05) is 19.6 Å². The monoisotopic (exact) mass is 353 g/mol. The summed E-state index contributed by atoms with van der Waals surface area (Å²) in [5.41, 5.74) is 6.36. The fourth-order valence-electron chi connectivity index (χ4n) is 2.01. The topological polar surface area (TPSA) is 80.0 Å². The van der Waals surface area contributed by atoms with Crippen molar-refractivity contribution in [2.24, 2.45) is 5.73 Å². The fraction of sp³-hybridized carbons (Fsp3) is 0.632. The van der Waals surface area contributed by atoms with Crippen LogP contribution in [-0.2, 0) is 30.3 Å². The van der Waals surface area contributed by atoms with E-state index in [2.05, 4.69) is 0 Å². The molecule has 0 atom stereocenters. The Kier molecular flexibility index (Phi) is 13.8. The first-order valence-corrected chi connectivity index (χ1v) is 8.96. The van der Waals surface area contributed by atoms with Crippen LogP contribution in [0.25, 0.3) is 0 Å². The molecule has 1 rings (SSSR count). The van der Waals surface area contributed by atoms with Gasteiger partial charge in [-0.25, -0.2) is 0 Å². The lowest BCUT2D eigenvalue weighted by atomic mass is 10.2. The van der Waals surface area contributed by atoms with Crippen LogP contribution in [0.4, 0.5) is 0 Å². The summed E-state index contributed by atoms with van der Waals surface area (Å²) < 4.78 is 21.4. The van der Waals surface area contributed by atoms with E-state index in [1.165, 1.54) is 0 Å². The summed E-state index contributed by atoms with van der Waals surface area (Å²) in [6, 6.07) is 9.68. The summed E-state index contributed by atoms with van der Waals surface area (Å²) in [6.45, 7) is 4.57. The first-order chi connectivity index (χ1) is 12.3. The highest BCUT2D eigenvalue weighted by Crippen LogP contribution is 2.04. The molecule has 25 heavy (non-hydrogen) atoms. The number of benzene rings is 1. The van der Waals surface area contributed by atoms with Crippen LogP contribution in [0, 0.1) is 0 Å². The van der Waals surface area contributed by atoms with Crippen molar-refractivity contribution in [2.75, 3.05) is 46.2 Å². The summed E-state index contributed by atoms with van der Waals surface area (Å²) in [4.78, 5) is 11.6. The fourth-order valence-corrected chi connectivity index (χ4v) is 2.01. The normalized spacial score (nSPS) is 10.8. The molecule has 6 heteroatoms. The summed E-state index contributed by atoms with van der Waals surface area (Å²) >= 11 is 0. The van der Waals surface area contributed by atoms with Gasteiger partial charge in [0.15, 0.2) is 0 Å². The molecule has 0 heterocycles. The number of ether oxygens (including phenoxy) is 4. The van der Waals surface area contributed by atoms with E-state index < -0.39 is 0 Å². The van der Waals surface area contributed by atoms with Gasteiger partial charge in [-0.2, -0.15) is 0 Å². The Morgan fingerprint density at radius 3 is 2.04 bits per heavy atom. The predicted molar refractivity (Wildman–Crippen MR) is 96.2 cm³/mol. The van der Waals surface area contributed by atoms with E-state index in [4.69, 9.17) is 24.7 Å². The standard InChI is InChI=1S/C19H31NO5/c20-10-6-12-23-14-16-24-15-13-22-11-5-4-9-19(21)25-17-18-7-2-1-3-8-18/h1-3,7-8H,4-6,9-17,20H2. The lowest BCUT2D eigenvalue weighted by Crippen LogP contribution is -2.11. The van der Waals surface area contributed by atoms with Crippen molar-refractivity contribution in [1.82, 2.24) is 0 Å². The van der Waals surface area contributed by atoms with E-state index in [0.717, 1.165) is 24.8 Å². The molecular formula is C19H31NO5. The van der Waals surface area contributed by atoms with E-state index in [0.29, 0.717) is 59.2 Å². The minimum absolute atomic E-state index is 0.165. The van der Waals surface area contributed by atoms with Crippen molar-refractivity contribution in [1.29, 1.82) is 0 Å². The molecule has 0 saturated heterocycles. The Morgan fingerprint density at radius 2 is 1.40 bits per heavy atom. The first-order valence-electron chi connectivity index (χ1n) is 8.96. The number of carbonyl (C=O) groups excluding carboxylic acids is 1. The van der Waals surface area contributed by atoms with Crippen molar-refractivity contribution in [3.63, 3.8) is 0 Å². The molecule has 0 radical (unpaired) electrons. The number of hydrogen-bond acceptors (Lipinski definition) is 6. The Morgan fingerprint density at radius 1 is 0.800 bits per heavy atom. The molecule has 0 amide bonds. The molecule has 0 aromatic heterocycles. The van der Waals surface area contributed by atoms with Gasteiger partial charge in [-0.05, 0) is 31.4 Å². The van der Waals surface area contributed by atoms with Crippen LogP contribution < -0.4 is 5.73 Å². The van der Waals surface area contributed by atoms with Gasteiger partial charge in [0.2, 0.25) is 0 Å². The van der Waals surface area contributed by atoms with Crippen LogP contribution in [0.1, 0.15) is 31.2 Å². The third-order valence-corrected chi connectivity index (χ3v) is 3.40. The number of hydrogen-bond donors (Lipinski definition) is 1. The molecule has 0 bridgehead atoms. The van der Waals surface area contributed by atoms with Crippen molar-refractivity contribution in [2.45, 2.75) is 32.3 Å². The van der Waals surface area contributed by atoms with Gasteiger partial charge in [-0.3, -0.25) is 4.79 Å². The van der Waals surface area contributed by atoms with Crippen LogP contribution in [0.15, 0.2) is 30.3 Å². The maximum Gasteiger partial charge on any atom is 0.306 e. The smallest absolute Gasteiger partial charge is 0.306 e. The lowest BCUT2D eigenvalue weighted by molar-refractivity contribution is -0.145. The SMILES string of the molecule is NCCCOCCOCCOCCCCC(=O)OCc1ccccc1. The second-order valence-corrected chi connectivity index (χ2v) is 5.58. The molecule has 0 unspecified atom stereocenters. The van der Waals surface area contributed by atoms with E-state index in [-0.39, 0.29) is 5.97 Å². The second-order valence-electron chi connectivity index (χ2n) is 5.58. The van der Waals surface area contributed by atoms with E-state index in [1.807, 2.05) is 30.3 Å². The zero-order valence-electron chi connectivity index (χ0n) is 15.0. The van der Waals surface area contributed by atoms with Crippen molar-refractivity contribution >= 4 is 5.97 Å². The summed E-state index contributed by atoms with van der Waals surface area (Å²) in [5.74, 6) is -0.165. The zero-order valence-corrected chi connectivity index (χ0v) is 15.0. The van der Waals surface area contributed by atoms with Crippen LogP contribution >= 0.6 is 0 Å². The highest BCUT2D eigenvalue weighted by Gasteiger charge is 2.03. The molecule has 0 aliphatic carbocycles. The lowest BCUT2D eigenvalue weighted by Gasteiger charge is -2.07. The third kappa shape index (κ3) is 13.5. The predicted octanol–water partition coefficient (Wildman–Crippen LogP) is 2.30. The maximum absolute atomic E-state index is 11.6. The molecule has 1 aromatic rings. The second kappa shape index (κ2) is 16.0. The average molecular weight is 353 g/mol. The average Bonchev–Trinajstić information content (AvgIpc) is 2.64. The quantitative estimate of drug-likeness (QED) is 0.363. The highest BCUT2D eigenvalue weighted by molar-refractivity contribution is 5.69. The number of nitrogens with two attached hydrogens (primary N) is 1. The van der Waals surface area contributed by atoms with E-state index in [1.54, 1.807) is 0 Å². The van der Waals surface area contributed by atoms with Gasteiger partial charge in [-0.1, -0.05) is 30.3 Å². The van der Waals surface area contributed by atoms with Gasteiger partial charge < -0.3 is 24.7 Å². The summed E-state index contributed by atoms with van der Waals surface area (Å²) in [7, 11) is 0. The molecule has 1 aromatic carbocycles. The molecule has 142 valence electrons. The zero-order chi connectivity index (χ0) is 18.0. The summed E-state index contributed by atoms with van der Waals surface area (Å²) in [5, 5.41) is 0. The molecule has 2 N–H and O–H groups in total. The van der Waals surface area contributed by atoms with Gasteiger partial charge in [0.05, 0.1) is 26.4 Å². The third-order valence-electron chi connectivity index (χ3n) is 3.40. The van der Waals surface area contributed by atoms with Gasteiger partial charge in [0.1, 0.15) is 6.61 Å². The van der Waals surface area contributed by atoms with Crippen molar-refractivity contribution in [3.05, 3.63) is 35.9 Å². The minimum Gasteiger partial charge on any atom is -0.461 e. The molecular weight excluding hydrogens is 322 g/mol. The van der Waals surface area contributed by atoms with Crippen LogP contribution in [0.2, 0.25) is 0 Å². The molecule has 0 spiro atoms. The van der Waals surface area contributed by atoms with Crippen LogP contribution in [0.5, 0.6) is 0 Å². The van der Waals surface area contributed by atoms with Crippen LogP contribution in [-0.4, -0.2) is 52.2 Å². The summed E-state index contributed by atoms with van der Waals surface area (Å²) in [6.07, 6.45) is 2.90. The van der Waals surface area contributed by atoms with Gasteiger partial charge >= 0.3 is 5.97 Å². The van der Waals surface area contributed by atoms with Gasteiger partial charge in [0.25, 0.3) is 0 Å². The molecule has 6 nitrogen and oxygen atoms in total. The Labute approximate surface area is 150 Å².